The van der Waals surface area contributed by atoms with Crippen molar-refractivity contribution < 1.29 is 8.42 Å². The minimum absolute atomic E-state index is 0.0220. The van der Waals surface area contributed by atoms with E-state index in [9.17, 15) is 8.42 Å². The van der Waals surface area contributed by atoms with E-state index in [1.807, 2.05) is 0 Å². The fraction of sp³-hybridized carbons (Fsp3) is 0.200. The molecule has 0 fully saturated rings. The van der Waals surface area contributed by atoms with Crippen molar-refractivity contribution in [1.29, 1.82) is 0 Å². The molecule has 0 N–H and O–H groups in total. The summed E-state index contributed by atoms with van der Waals surface area (Å²) in [6, 6.07) is 2.76. The molecule has 0 amide bonds. The fourth-order valence-electron chi connectivity index (χ4n) is 0.451. The van der Waals surface area contributed by atoms with E-state index in [4.69, 9.17) is 0 Å². The van der Waals surface area contributed by atoms with Crippen molar-refractivity contribution in [1.82, 2.24) is 10.2 Å². The molecule has 0 saturated carbocycles. The highest BCUT2D eigenvalue weighted by Gasteiger charge is 2.06. The first kappa shape index (κ1) is 7.14. The van der Waals surface area contributed by atoms with E-state index < -0.39 is 9.84 Å². The van der Waals surface area contributed by atoms with Crippen molar-refractivity contribution >= 4 is 9.84 Å². The van der Waals surface area contributed by atoms with E-state index in [2.05, 4.69) is 16.4 Å². The van der Waals surface area contributed by atoms with Crippen LogP contribution < -0.4 is 0 Å². The molecule has 1 aromatic heterocycles. The molecule has 53 valence electrons. The molecule has 1 radical (unpaired) electrons. The molecule has 0 aliphatic rings. The van der Waals surface area contributed by atoms with Gasteiger partial charge in [0.1, 0.15) is 6.20 Å². The summed E-state index contributed by atoms with van der Waals surface area (Å²) in [5.74, 6) is 0. The predicted octanol–water partition coefficient (Wildman–Crippen LogP) is -0.320. The van der Waals surface area contributed by atoms with Crippen LogP contribution in [0.25, 0.3) is 0 Å². The van der Waals surface area contributed by atoms with Crippen LogP contribution >= 0.6 is 0 Å². The second-order valence-corrected chi connectivity index (χ2v) is 3.74. The summed E-state index contributed by atoms with van der Waals surface area (Å²) in [7, 11) is -3.20. The monoisotopic (exact) mass is 157 g/mol. The van der Waals surface area contributed by atoms with Crippen molar-refractivity contribution in [2.45, 2.75) is 5.03 Å². The van der Waals surface area contributed by atoms with E-state index in [-0.39, 0.29) is 5.03 Å². The molecule has 0 spiro atoms. The number of hydrogen-bond donors (Lipinski definition) is 0. The number of rotatable bonds is 1. The lowest BCUT2D eigenvalue weighted by molar-refractivity contribution is 0.596. The summed E-state index contributed by atoms with van der Waals surface area (Å²) in [6.45, 7) is 0. The standard InChI is InChI=1S/C5H5N2O2S/c1-10(8,9)5-3-2-4-6-7-5/h2-3H,1H3. The fourth-order valence-corrected chi connectivity index (χ4v) is 0.956. The van der Waals surface area contributed by atoms with Gasteiger partial charge in [-0.2, -0.15) is 0 Å². The third-order valence-corrected chi connectivity index (χ3v) is 1.86. The van der Waals surface area contributed by atoms with Crippen LogP contribution in [0.3, 0.4) is 0 Å². The summed E-state index contributed by atoms with van der Waals surface area (Å²) in [5.41, 5.74) is 0. The average molecular weight is 157 g/mol. The lowest BCUT2D eigenvalue weighted by Gasteiger charge is -1.90. The lowest BCUT2D eigenvalue weighted by Crippen LogP contribution is -2.00. The highest BCUT2D eigenvalue weighted by molar-refractivity contribution is 7.90. The Morgan fingerprint density at radius 2 is 2.30 bits per heavy atom. The molecule has 1 aromatic rings. The van der Waals surface area contributed by atoms with Gasteiger partial charge in [-0.05, 0) is 12.1 Å². The minimum Gasteiger partial charge on any atom is -0.222 e. The second-order valence-electron chi connectivity index (χ2n) is 1.77. The van der Waals surface area contributed by atoms with Gasteiger partial charge in [0.25, 0.3) is 0 Å². The number of aromatic nitrogens is 2. The Morgan fingerprint density at radius 3 is 2.60 bits per heavy atom. The Bertz CT molecular complexity index is 306. The van der Waals surface area contributed by atoms with Crippen molar-refractivity contribution in [3.63, 3.8) is 0 Å². The summed E-state index contributed by atoms with van der Waals surface area (Å²) in [6.07, 6.45) is 3.46. The van der Waals surface area contributed by atoms with Gasteiger partial charge in [0.2, 0.25) is 0 Å². The molecule has 0 atom stereocenters. The zero-order valence-electron chi connectivity index (χ0n) is 5.27. The van der Waals surface area contributed by atoms with Crippen molar-refractivity contribution in [3.8, 4) is 0 Å². The Balaban J connectivity index is 3.22. The maximum absolute atomic E-state index is 10.7. The molecule has 1 heterocycles. The Morgan fingerprint density at radius 1 is 1.60 bits per heavy atom. The third kappa shape index (κ3) is 1.51. The average Bonchev–Trinajstić information content (AvgIpc) is 1.88. The van der Waals surface area contributed by atoms with Gasteiger partial charge in [0.15, 0.2) is 14.9 Å². The molecule has 0 aliphatic heterocycles. The molecule has 0 unspecified atom stereocenters. The first-order chi connectivity index (χ1) is 4.61. The normalized spacial score (nSPS) is 11.3. The summed E-state index contributed by atoms with van der Waals surface area (Å²) in [4.78, 5) is 0. The largest absolute Gasteiger partial charge is 0.222 e. The quantitative estimate of drug-likeness (QED) is 0.560. The van der Waals surface area contributed by atoms with Crippen LogP contribution in [0.5, 0.6) is 0 Å². The minimum atomic E-state index is -3.20. The van der Waals surface area contributed by atoms with E-state index in [1.54, 1.807) is 0 Å². The van der Waals surface area contributed by atoms with Crippen LogP contribution in [0.1, 0.15) is 0 Å². The lowest BCUT2D eigenvalue weighted by atomic mass is 10.6. The molecule has 0 aromatic carbocycles. The van der Waals surface area contributed by atoms with Gasteiger partial charge >= 0.3 is 0 Å². The first-order valence-corrected chi connectivity index (χ1v) is 4.40. The third-order valence-electron chi connectivity index (χ3n) is 0.887. The Kier molecular flexibility index (Phi) is 1.67. The van der Waals surface area contributed by atoms with Gasteiger partial charge in [-0.15, -0.1) is 10.2 Å². The van der Waals surface area contributed by atoms with Gasteiger partial charge < -0.3 is 0 Å². The molecular weight excluding hydrogens is 152 g/mol. The van der Waals surface area contributed by atoms with E-state index in [0.717, 1.165) is 6.26 Å². The van der Waals surface area contributed by atoms with Gasteiger partial charge in [0, 0.05) is 6.26 Å². The highest BCUT2D eigenvalue weighted by atomic mass is 32.2. The van der Waals surface area contributed by atoms with E-state index in [0.29, 0.717) is 0 Å². The maximum atomic E-state index is 10.7. The number of sulfone groups is 1. The van der Waals surface area contributed by atoms with Crippen LogP contribution in [-0.4, -0.2) is 24.9 Å². The Labute approximate surface area is 58.8 Å². The molecule has 10 heavy (non-hydrogen) atoms. The molecule has 0 bridgehead atoms. The van der Waals surface area contributed by atoms with Crippen molar-refractivity contribution in [2.75, 3.05) is 6.26 Å². The van der Waals surface area contributed by atoms with Crippen molar-refractivity contribution in [3.05, 3.63) is 18.3 Å². The van der Waals surface area contributed by atoms with Gasteiger partial charge in [-0.25, -0.2) is 8.42 Å². The SMILES string of the molecule is CS(=O)(=O)c1cc[c]nn1. The van der Waals surface area contributed by atoms with Gasteiger partial charge in [-0.3, -0.25) is 0 Å². The molecule has 5 heteroatoms. The highest BCUT2D eigenvalue weighted by Crippen LogP contribution is 1.99. The van der Waals surface area contributed by atoms with Crippen LogP contribution in [0.15, 0.2) is 17.2 Å². The summed E-state index contributed by atoms with van der Waals surface area (Å²) < 4.78 is 21.4. The van der Waals surface area contributed by atoms with Gasteiger partial charge in [0.05, 0.1) is 0 Å². The zero-order valence-corrected chi connectivity index (χ0v) is 6.09. The van der Waals surface area contributed by atoms with Crippen molar-refractivity contribution in [2.24, 2.45) is 0 Å². The van der Waals surface area contributed by atoms with E-state index >= 15 is 0 Å². The molecule has 4 nitrogen and oxygen atoms in total. The first-order valence-electron chi connectivity index (χ1n) is 2.50. The predicted molar refractivity (Wildman–Crippen MR) is 34.0 cm³/mol. The van der Waals surface area contributed by atoms with Crippen LogP contribution in [-0.2, 0) is 9.84 Å². The topological polar surface area (TPSA) is 59.9 Å². The molecular formula is C5H5N2O2S. The summed E-state index contributed by atoms with van der Waals surface area (Å²) in [5, 5.41) is 6.63. The summed E-state index contributed by atoms with van der Waals surface area (Å²) >= 11 is 0. The van der Waals surface area contributed by atoms with E-state index in [1.165, 1.54) is 12.1 Å². The van der Waals surface area contributed by atoms with Gasteiger partial charge in [-0.1, -0.05) is 0 Å². The second kappa shape index (κ2) is 2.34. The van der Waals surface area contributed by atoms with Crippen LogP contribution in [0, 0.1) is 6.20 Å². The van der Waals surface area contributed by atoms with Crippen LogP contribution in [0.4, 0.5) is 0 Å². The molecule has 0 aliphatic carbocycles. The van der Waals surface area contributed by atoms with Crippen LogP contribution in [0.2, 0.25) is 0 Å². The number of nitrogens with zero attached hydrogens (tertiary/aromatic N) is 2. The molecule has 0 saturated heterocycles. The Hall–Kier alpha value is -0.970. The maximum Gasteiger partial charge on any atom is 0.194 e. The molecule has 1 rings (SSSR count). The smallest absolute Gasteiger partial charge is 0.194 e. The number of hydrogen-bond acceptors (Lipinski definition) is 4. The zero-order chi connectivity index (χ0) is 7.61.